The van der Waals surface area contributed by atoms with Crippen LogP contribution in [0.1, 0.15) is 44.4 Å². The molecule has 1 aromatic carbocycles. The van der Waals surface area contributed by atoms with Gasteiger partial charge < -0.3 is 15.2 Å². The number of benzene rings is 1. The zero-order valence-electron chi connectivity index (χ0n) is 12.7. The SMILES string of the molecule is CC(C)(C)OC(=O)NC(CCO)c1cccc(C(F)(F)F)c1. The number of hydrogen-bond donors (Lipinski definition) is 2. The second-order valence-corrected chi connectivity index (χ2v) is 5.83. The minimum absolute atomic E-state index is 0.0839. The highest BCUT2D eigenvalue weighted by Crippen LogP contribution is 2.31. The molecule has 0 fully saturated rings. The van der Waals surface area contributed by atoms with E-state index in [0.717, 1.165) is 12.1 Å². The molecule has 0 saturated carbocycles. The summed E-state index contributed by atoms with van der Waals surface area (Å²) in [7, 11) is 0. The summed E-state index contributed by atoms with van der Waals surface area (Å²) in [6, 6.07) is 3.87. The summed E-state index contributed by atoms with van der Waals surface area (Å²) < 4.78 is 43.3. The van der Waals surface area contributed by atoms with E-state index < -0.39 is 29.5 Å². The Bertz CT molecular complexity index is 509. The summed E-state index contributed by atoms with van der Waals surface area (Å²) >= 11 is 0. The molecule has 1 rings (SSSR count). The summed E-state index contributed by atoms with van der Waals surface area (Å²) in [6.07, 6.45) is -5.13. The molecule has 4 nitrogen and oxygen atoms in total. The minimum Gasteiger partial charge on any atom is -0.444 e. The summed E-state index contributed by atoms with van der Waals surface area (Å²) in [6.45, 7) is 4.75. The van der Waals surface area contributed by atoms with Crippen molar-refractivity contribution in [3.8, 4) is 0 Å². The standard InChI is InChI=1S/C15H20F3NO3/c1-14(2,3)22-13(21)19-12(7-8-20)10-5-4-6-11(9-10)15(16,17)18/h4-6,9,12,20H,7-8H2,1-3H3,(H,19,21). The molecule has 22 heavy (non-hydrogen) atoms. The second-order valence-electron chi connectivity index (χ2n) is 5.83. The number of aliphatic hydroxyl groups is 1. The van der Waals surface area contributed by atoms with Gasteiger partial charge in [-0.05, 0) is 44.9 Å². The number of hydrogen-bond acceptors (Lipinski definition) is 3. The van der Waals surface area contributed by atoms with Gasteiger partial charge in [-0.15, -0.1) is 0 Å². The lowest BCUT2D eigenvalue weighted by molar-refractivity contribution is -0.137. The molecule has 1 aromatic rings. The normalized spacial score (nSPS) is 13.6. The summed E-state index contributed by atoms with van der Waals surface area (Å²) in [5.41, 5.74) is -1.27. The molecule has 0 aromatic heterocycles. The zero-order valence-corrected chi connectivity index (χ0v) is 12.7. The Morgan fingerprint density at radius 2 is 1.95 bits per heavy atom. The first-order valence-electron chi connectivity index (χ1n) is 6.80. The average Bonchev–Trinajstić information content (AvgIpc) is 2.35. The van der Waals surface area contributed by atoms with E-state index in [0.29, 0.717) is 0 Å². The highest BCUT2D eigenvalue weighted by Gasteiger charge is 2.31. The number of aliphatic hydroxyl groups excluding tert-OH is 1. The molecule has 1 unspecified atom stereocenters. The van der Waals surface area contributed by atoms with Crippen LogP contribution in [0.5, 0.6) is 0 Å². The lowest BCUT2D eigenvalue weighted by Gasteiger charge is -2.24. The van der Waals surface area contributed by atoms with Crippen molar-refractivity contribution < 1.29 is 27.8 Å². The largest absolute Gasteiger partial charge is 0.444 e. The first-order chi connectivity index (χ1) is 10.0. The predicted molar refractivity (Wildman–Crippen MR) is 75.3 cm³/mol. The van der Waals surface area contributed by atoms with Gasteiger partial charge in [-0.1, -0.05) is 12.1 Å². The third-order valence-electron chi connectivity index (χ3n) is 2.73. The molecule has 124 valence electrons. The Balaban J connectivity index is 2.94. The minimum atomic E-state index is -4.47. The number of alkyl carbamates (subject to hydrolysis) is 1. The quantitative estimate of drug-likeness (QED) is 0.890. The van der Waals surface area contributed by atoms with Crippen LogP contribution in [-0.4, -0.2) is 23.4 Å². The molecule has 0 saturated heterocycles. The van der Waals surface area contributed by atoms with Gasteiger partial charge in [0.2, 0.25) is 0 Å². The summed E-state index contributed by atoms with van der Waals surface area (Å²) in [5, 5.41) is 11.5. The predicted octanol–water partition coefficient (Wildman–Crippen LogP) is 3.65. The molecule has 0 aliphatic rings. The van der Waals surface area contributed by atoms with Crippen LogP contribution in [0.25, 0.3) is 0 Å². The summed E-state index contributed by atoms with van der Waals surface area (Å²) in [4.78, 5) is 11.8. The molecule has 0 spiro atoms. The number of carbonyl (C=O) groups is 1. The number of rotatable bonds is 4. The van der Waals surface area contributed by atoms with Crippen molar-refractivity contribution in [3.63, 3.8) is 0 Å². The molecule has 1 amide bonds. The lowest BCUT2D eigenvalue weighted by Crippen LogP contribution is -2.35. The lowest BCUT2D eigenvalue weighted by atomic mass is 10.0. The Labute approximate surface area is 127 Å². The van der Waals surface area contributed by atoms with Crippen LogP contribution in [0.3, 0.4) is 0 Å². The van der Waals surface area contributed by atoms with Gasteiger partial charge in [0, 0.05) is 6.61 Å². The van der Waals surface area contributed by atoms with Crippen molar-refractivity contribution in [3.05, 3.63) is 35.4 Å². The number of ether oxygens (including phenoxy) is 1. The molecule has 0 bridgehead atoms. The molecule has 7 heteroatoms. The van der Waals surface area contributed by atoms with E-state index in [-0.39, 0.29) is 18.6 Å². The van der Waals surface area contributed by atoms with Crippen LogP contribution < -0.4 is 5.32 Å². The van der Waals surface area contributed by atoms with Gasteiger partial charge in [0.25, 0.3) is 0 Å². The molecule has 0 radical (unpaired) electrons. The fourth-order valence-electron chi connectivity index (χ4n) is 1.83. The van der Waals surface area contributed by atoms with E-state index in [9.17, 15) is 18.0 Å². The maximum atomic E-state index is 12.7. The number of halogens is 3. The summed E-state index contributed by atoms with van der Waals surface area (Å²) in [5.74, 6) is 0. The topological polar surface area (TPSA) is 58.6 Å². The zero-order chi connectivity index (χ0) is 17.0. The molecular formula is C15H20F3NO3. The molecule has 1 atom stereocenters. The van der Waals surface area contributed by atoms with Crippen LogP contribution in [-0.2, 0) is 10.9 Å². The highest BCUT2D eigenvalue weighted by atomic mass is 19.4. The Morgan fingerprint density at radius 1 is 1.32 bits per heavy atom. The van der Waals surface area contributed by atoms with Gasteiger partial charge in [-0.3, -0.25) is 0 Å². The number of alkyl halides is 3. The second kappa shape index (κ2) is 7.00. The van der Waals surface area contributed by atoms with Crippen molar-refractivity contribution in [2.75, 3.05) is 6.61 Å². The smallest absolute Gasteiger partial charge is 0.416 e. The number of nitrogens with one attached hydrogen (secondary N) is 1. The Hall–Kier alpha value is -1.76. The van der Waals surface area contributed by atoms with E-state index in [2.05, 4.69) is 5.32 Å². The number of carbonyl (C=O) groups excluding carboxylic acids is 1. The van der Waals surface area contributed by atoms with E-state index in [1.807, 2.05) is 0 Å². The van der Waals surface area contributed by atoms with Crippen molar-refractivity contribution in [1.82, 2.24) is 5.32 Å². The van der Waals surface area contributed by atoms with Crippen LogP contribution in [0.2, 0.25) is 0 Å². The maximum absolute atomic E-state index is 12.7. The molecular weight excluding hydrogens is 299 g/mol. The van der Waals surface area contributed by atoms with Gasteiger partial charge in [-0.25, -0.2) is 4.79 Å². The van der Waals surface area contributed by atoms with Crippen molar-refractivity contribution in [2.24, 2.45) is 0 Å². The van der Waals surface area contributed by atoms with Gasteiger partial charge in [0.05, 0.1) is 11.6 Å². The average molecular weight is 319 g/mol. The van der Waals surface area contributed by atoms with Crippen LogP contribution in [0.4, 0.5) is 18.0 Å². The van der Waals surface area contributed by atoms with Gasteiger partial charge in [0.15, 0.2) is 0 Å². The fourth-order valence-corrected chi connectivity index (χ4v) is 1.83. The van der Waals surface area contributed by atoms with Gasteiger partial charge in [-0.2, -0.15) is 13.2 Å². The number of amides is 1. The van der Waals surface area contributed by atoms with E-state index >= 15 is 0 Å². The first kappa shape index (κ1) is 18.3. The van der Waals surface area contributed by atoms with E-state index in [1.54, 1.807) is 20.8 Å². The van der Waals surface area contributed by atoms with E-state index in [4.69, 9.17) is 9.84 Å². The van der Waals surface area contributed by atoms with Crippen LogP contribution >= 0.6 is 0 Å². The van der Waals surface area contributed by atoms with Crippen molar-refractivity contribution in [1.29, 1.82) is 0 Å². The van der Waals surface area contributed by atoms with E-state index in [1.165, 1.54) is 12.1 Å². The third-order valence-corrected chi connectivity index (χ3v) is 2.73. The van der Waals surface area contributed by atoms with Crippen molar-refractivity contribution >= 4 is 6.09 Å². The monoisotopic (exact) mass is 319 g/mol. The highest BCUT2D eigenvalue weighted by molar-refractivity contribution is 5.68. The Kier molecular flexibility index (Phi) is 5.82. The molecule has 0 aliphatic carbocycles. The first-order valence-corrected chi connectivity index (χ1v) is 6.80. The van der Waals surface area contributed by atoms with Gasteiger partial charge in [0.1, 0.15) is 5.60 Å². The maximum Gasteiger partial charge on any atom is 0.416 e. The van der Waals surface area contributed by atoms with Gasteiger partial charge >= 0.3 is 12.3 Å². The molecule has 0 heterocycles. The van der Waals surface area contributed by atoms with Crippen LogP contribution in [0.15, 0.2) is 24.3 Å². The van der Waals surface area contributed by atoms with Crippen molar-refractivity contribution in [2.45, 2.75) is 45.0 Å². The molecule has 2 N–H and O–H groups in total. The van der Waals surface area contributed by atoms with Crippen LogP contribution in [0, 0.1) is 0 Å². The Morgan fingerprint density at radius 3 is 2.45 bits per heavy atom. The molecule has 0 aliphatic heterocycles. The fraction of sp³-hybridized carbons (Fsp3) is 0.533. The third kappa shape index (κ3) is 5.93.